The Balaban J connectivity index is 2.29. The number of benzene rings is 1. The molecule has 3 rings (SSSR count). The molecule has 1 aromatic rings. The van der Waals surface area contributed by atoms with Crippen LogP contribution in [0, 0.1) is 0 Å². The smallest absolute Gasteiger partial charge is 0.0770 e. The molecule has 2 heterocycles. The predicted octanol–water partition coefficient (Wildman–Crippen LogP) is 0.259. The van der Waals surface area contributed by atoms with Crippen LogP contribution >= 0.6 is 0 Å². The molecule has 0 bridgehead atoms. The Hall–Kier alpha value is -1.15. The largest absolute Gasteiger partial charge is 0.377 e. The summed E-state index contributed by atoms with van der Waals surface area (Å²) in [4.78, 5) is 4.66. The molecular weight excluding hydrogens is 162 g/mol. The number of hydrogen-bond donors (Lipinski definition) is 0. The van der Waals surface area contributed by atoms with Gasteiger partial charge < -0.3 is 4.74 Å². The molecule has 0 radical (unpaired) electrons. The minimum Gasteiger partial charge on any atom is -0.377 e. The maximum absolute atomic E-state index is 5.44. The molecule has 13 heavy (non-hydrogen) atoms. The van der Waals surface area contributed by atoms with Gasteiger partial charge in [0.1, 0.15) is 0 Å². The fraction of sp³-hybridized carbons (Fsp3) is 0.364. The van der Waals surface area contributed by atoms with E-state index in [1.165, 1.54) is 10.8 Å². The van der Waals surface area contributed by atoms with Gasteiger partial charge in [0.05, 0.1) is 18.0 Å². The van der Waals surface area contributed by atoms with Gasteiger partial charge in [0.2, 0.25) is 0 Å². The molecular formula is C11H11NO. The summed E-state index contributed by atoms with van der Waals surface area (Å²) < 4.78 is 5.44. The van der Waals surface area contributed by atoms with Crippen molar-refractivity contribution in [1.29, 1.82) is 0 Å². The second-order valence-electron chi connectivity index (χ2n) is 3.53. The molecule has 0 aliphatic carbocycles. The van der Waals surface area contributed by atoms with Crippen LogP contribution in [-0.2, 0) is 4.74 Å². The quantitative estimate of drug-likeness (QED) is 0.551. The van der Waals surface area contributed by atoms with Crippen molar-refractivity contribution in [1.82, 2.24) is 0 Å². The van der Waals surface area contributed by atoms with Crippen LogP contribution < -0.4 is 10.6 Å². The van der Waals surface area contributed by atoms with E-state index in [4.69, 9.17) is 4.74 Å². The number of fused-ring (bicyclic) bond motifs is 2. The standard InChI is InChI=1S/C11H11NO/c1-2-4-10-8(3-1)9-7-13-6-5-11(9)12-10/h1-4,11H,5-7H2. The van der Waals surface area contributed by atoms with Gasteiger partial charge in [-0.05, 0) is 18.1 Å². The Morgan fingerprint density at radius 3 is 3.23 bits per heavy atom. The lowest BCUT2D eigenvalue weighted by molar-refractivity contribution is 0.140. The maximum atomic E-state index is 5.44. The Kier molecular flexibility index (Phi) is 1.49. The predicted molar refractivity (Wildman–Crippen MR) is 49.9 cm³/mol. The third kappa shape index (κ3) is 1.02. The maximum Gasteiger partial charge on any atom is 0.0770 e. The van der Waals surface area contributed by atoms with E-state index < -0.39 is 0 Å². The fourth-order valence-corrected chi connectivity index (χ4v) is 2.07. The third-order valence-electron chi connectivity index (χ3n) is 2.74. The molecule has 1 fully saturated rings. The first-order valence-electron chi connectivity index (χ1n) is 4.69. The van der Waals surface area contributed by atoms with Gasteiger partial charge >= 0.3 is 0 Å². The van der Waals surface area contributed by atoms with Gasteiger partial charge in [0, 0.05) is 11.8 Å². The van der Waals surface area contributed by atoms with Crippen molar-refractivity contribution in [2.45, 2.75) is 12.5 Å². The summed E-state index contributed by atoms with van der Waals surface area (Å²) in [5, 5.41) is 2.44. The molecule has 0 aromatic heterocycles. The minimum absolute atomic E-state index is 0.408. The van der Waals surface area contributed by atoms with Gasteiger partial charge in [-0.3, -0.25) is 4.99 Å². The van der Waals surface area contributed by atoms with Crippen LogP contribution in [0.5, 0.6) is 0 Å². The van der Waals surface area contributed by atoms with Crippen LogP contribution in [0.3, 0.4) is 0 Å². The third-order valence-corrected chi connectivity index (χ3v) is 2.74. The van der Waals surface area contributed by atoms with Crippen LogP contribution in [0.1, 0.15) is 6.42 Å². The van der Waals surface area contributed by atoms with Gasteiger partial charge in [-0.2, -0.15) is 0 Å². The van der Waals surface area contributed by atoms with Gasteiger partial charge in [0.15, 0.2) is 0 Å². The number of hydrogen-bond acceptors (Lipinski definition) is 2. The lowest BCUT2D eigenvalue weighted by atomic mass is 10.0. The van der Waals surface area contributed by atoms with Crippen molar-refractivity contribution < 1.29 is 4.74 Å². The van der Waals surface area contributed by atoms with E-state index in [0.717, 1.165) is 25.0 Å². The van der Waals surface area contributed by atoms with Crippen molar-refractivity contribution >= 4 is 5.57 Å². The van der Waals surface area contributed by atoms with Gasteiger partial charge in [-0.25, -0.2) is 0 Å². The summed E-state index contributed by atoms with van der Waals surface area (Å²) in [7, 11) is 0. The summed E-state index contributed by atoms with van der Waals surface area (Å²) in [5.74, 6) is 0. The first-order chi connectivity index (χ1) is 6.45. The molecule has 0 amide bonds. The van der Waals surface area contributed by atoms with E-state index in [1.807, 2.05) is 6.07 Å². The summed E-state index contributed by atoms with van der Waals surface area (Å²) >= 11 is 0. The minimum atomic E-state index is 0.408. The van der Waals surface area contributed by atoms with Crippen molar-refractivity contribution in [2.24, 2.45) is 4.99 Å². The van der Waals surface area contributed by atoms with Crippen molar-refractivity contribution in [3.05, 3.63) is 34.8 Å². The summed E-state index contributed by atoms with van der Waals surface area (Å²) in [5.41, 5.74) is 1.38. The summed E-state index contributed by atoms with van der Waals surface area (Å²) in [6.07, 6.45) is 1.05. The Labute approximate surface area is 76.6 Å². The molecule has 2 aliphatic rings. The highest BCUT2D eigenvalue weighted by Crippen LogP contribution is 2.18. The zero-order chi connectivity index (χ0) is 8.67. The Bertz CT molecular complexity index is 449. The van der Waals surface area contributed by atoms with E-state index >= 15 is 0 Å². The lowest BCUT2D eigenvalue weighted by Crippen LogP contribution is -2.26. The number of nitrogens with zero attached hydrogens (tertiary/aromatic N) is 1. The summed E-state index contributed by atoms with van der Waals surface area (Å²) in [6.45, 7) is 1.62. The SMILES string of the molecule is c1ccc2c(c1)=NC1CCOCC=21. The molecule has 1 aromatic carbocycles. The molecule has 2 heteroatoms. The zero-order valence-corrected chi connectivity index (χ0v) is 7.36. The van der Waals surface area contributed by atoms with E-state index in [9.17, 15) is 0 Å². The van der Waals surface area contributed by atoms with Gasteiger partial charge in [0.25, 0.3) is 0 Å². The van der Waals surface area contributed by atoms with Crippen LogP contribution in [0.2, 0.25) is 0 Å². The molecule has 66 valence electrons. The first kappa shape index (κ1) is 7.27. The van der Waals surface area contributed by atoms with E-state index in [1.54, 1.807) is 0 Å². The number of rotatable bonds is 0. The van der Waals surface area contributed by atoms with Crippen LogP contribution in [0.15, 0.2) is 29.3 Å². The van der Waals surface area contributed by atoms with Crippen LogP contribution in [-0.4, -0.2) is 19.3 Å². The Morgan fingerprint density at radius 1 is 1.31 bits per heavy atom. The number of ether oxygens (including phenoxy) is 1. The molecule has 0 N–H and O–H groups in total. The second-order valence-corrected chi connectivity index (χ2v) is 3.53. The highest BCUT2D eigenvalue weighted by molar-refractivity contribution is 5.54. The molecule has 1 unspecified atom stereocenters. The van der Waals surface area contributed by atoms with Crippen LogP contribution in [0.4, 0.5) is 0 Å². The molecule has 1 atom stereocenters. The van der Waals surface area contributed by atoms with Crippen molar-refractivity contribution in [3.63, 3.8) is 0 Å². The lowest BCUT2D eigenvalue weighted by Gasteiger charge is -2.18. The van der Waals surface area contributed by atoms with E-state index in [-0.39, 0.29) is 0 Å². The fourth-order valence-electron chi connectivity index (χ4n) is 2.07. The molecule has 1 saturated heterocycles. The first-order valence-corrected chi connectivity index (χ1v) is 4.69. The molecule has 0 saturated carbocycles. The normalized spacial score (nSPS) is 24.9. The second kappa shape index (κ2) is 2.67. The van der Waals surface area contributed by atoms with Crippen molar-refractivity contribution in [3.8, 4) is 0 Å². The topological polar surface area (TPSA) is 21.6 Å². The highest BCUT2D eigenvalue weighted by atomic mass is 16.5. The average molecular weight is 173 g/mol. The van der Waals surface area contributed by atoms with Crippen LogP contribution in [0.25, 0.3) is 5.57 Å². The molecule has 2 nitrogen and oxygen atoms in total. The number of para-hydroxylation sites is 1. The monoisotopic (exact) mass is 173 g/mol. The van der Waals surface area contributed by atoms with Crippen molar-refractivity contribution in [2.75, 3.05) is 13.2 Å². The van der Waals surface area contributed by atoms with E-state index in [2.05, 4.69) is 23.2 Å². The molecule has 2 aliphatic heterocycles. The summed E-state index contributed by atoms with van der Waals surface area (Å²) in [6, 6.07) is 8.74. The average Bonchev–Trinajstić information content (AvgIpc) is 2.56. The van der Waals surface area contributed by atoms with Gasteiger partial charge in [-0.1, -0.05) is 18.2 Å². The van der Waals surface area contributed by atoms with Gasteiger partial charge in [-0.15, -0.1) is 0 Å². The Morgan fingerprint density at radius 2 is 2.23 bits per heavy atom. The molecule has 0 spiro atoms. The highest BCUT2D eigenvalue weighted by Gasteiger charge is 2.22. The van der Waals surface area contributed by atoms with E-state index in [0.29, 0.717) is 6.04 Å². The zero-order valence-electron chi connectivity index (χ0n) is 7.36.